The van der Waals surface area contributed by atoms with Crippen molar-refractivity contribution in [3.8, 4) is 0 Å². The van der Waals surface area contributed by atoms with Crippen molar-refractivity contribution >= 4 is 5.82 Å². The highest BCUT2D eigenvalue weighted by Crippen LogP contribution is 2.24. The lowest BCUT2D eigenvalue weighted by atomic mass is 9.92. The second kappa shape index (κ2) is 4.83. The van der Waals surface area contributed by atoms with Crippen molar-refractivity contribution in [1.82, 2.24) is 9.88 Å². The highest BCUT2D eigenvalue weighted by atomic mass is 15.2. The number of nitrogens with zero attached hydrogens (tertiary/aromatic N) is 2. The lowest BCUT2D eigenvalue weighted by Crippen LogP contribution is -2.41. The Morgan fingerprint density at radius 1 is 1.50 bits per heavy atom. The SMILES string of the molecule is CC1CCCN(Cc2ccnc(N)c2)C1C. The van der Waals surface area contributed by atoms with Crippen LogP contribution < -0.4 is 5.73 Å². The summed E-state index contributed by atoms with van der Waals surface area (Å²) < 4.78 is 0. The number of nitrogens with two attached hydrogens (primary N) is 1. The van der Waals surface area contributed by atoms with Crippen molar-refractivity contribution in [2.45, 2.75) is 39.3 Å². The number of anilines is 1. The minimum atomic E-state index is 0.621. The average Bonchev–Trinajstić information content (AvgIpc) is 2.25. The minimum absolute atomic E-state index is 0.621. The summed E-state index contributed by atoms with van der Waals surface area (Å²) in [6.45, 7) is 6.87. The van der Waals surface area contributed by atoms with Crippen molar-refractivity contribution in [1.29, 1.82) is 0 Å². The van der Waals surface area contributed by atoms with Gasteiger partial charge in [0.2, 0.25) is 0 Å². The molecule has 1 aromatic rings. The first-order valence-corrected chi connectivity index (χ1v) is 6.11. The first-order chi connectivity index (χ1) is 7.66. The fourth-order valence-electron chi connectivity index (χ4n) is 2.47. The van der Waals surface area contributed by atoms with Crippen LogP contribution in [0, 0.1) is 5.92 Å². The van der Waals surface area contributed by atoms with Crippen molar-refractivity contribution in [2.75, 3.05) is 12.3 Å². The van der Waals surface area contributed by atoms with Gasteiger partial charge in [0.1, 0.15) is 5.82 Å². The number of likely N-dealkylation sites (tertiary alicyclic amines) is 1. The summed E-state index contributed by atoms with van der Waals surface area (Å²) in [5.41, 5.74) is 6.97. The van der Waals surface area contributed by atoms with E-state index < -0.39 is 0 Å². The van der Waals surface area contributed by atoms with Gasteiger partial charge in [-0.15, -0.1) is 0 Å². The van der Waals surface area contributed by atoms with Gasteiger partial charge in [0, 0.05) is 18.8 Å². The zero-order chi connectivity index (χ0) is 11.5. The van der Waals surface area contributed by atoms with Crippen LogP contribution in [-0.2, 0) is 6.54 Å². The second-order valence-corrected chi connectivity index (χ2v) is 4.92. The summed E-state index contributed by atoms with van der Waals surface area (Å²) in [7, 11) is 0. The Morgan fingerprint density at radius 2 is 2.31 bits per heavy atom. The van der Waals surface area contributed by atoms with Crippen molar-refractivity contribution in [3.63, 3.8) is 0 Å². The van der Waals surface area contributed by atoms with Gasteiger partial charge in [0.25, 0.3) is 0 Å². The largest absolute Gasteiger partial charge is 0.384 e. The molecular weight excluding hydrogens is 198 g/mol. The predicted octanol–water partition coefficient (Wildman–Crippen LogP) is 2.28. The molecule has 1 saturated heterocycles. The molecule has 1 aromatic heterocycles. The topological polar surface area (TPSA) is 42.2 Å². The third kappa shape index (κ3) is 2.53. The van der Waals surface area contributed by atoms with E-state index in [1.54, 1.807) is 6.20 Å². The van der Waals surface area contributed by atoms with Crippen LogP contribution >= 0.6 is 0 Å². The first-order valence-electron chi connectivity index (χ1n) is 6.11. The van der Waals surface area contributed by atoms with E-state index in [0.29, 0.717) is 11.9 Å². The van der Waals surface area contributed by atoms with E-state index in [2.05, 4.69) is 29.8 Å². The lowest BCUT2D eigenvalue weighted by molar-refractivity contribution is 0.106. The van der Waals surface area contributed by atoms with E-state index >= 15 is 0 Å². The minimum Gasteiger partial charge on any atom is -0.384 e. The fourth-order valence-corrected chi connectivity index (χ4v) is 2.47. The van der Waals surface area contributed by atoms with Crippen LogP contribution in [-0.4, -0.2) is 22.5 Å². The van der Waals surface area contributed by atoms with Crippen LogP contribution in [0.2, 0.25) is 0 Å². The molecule has 1 fully saturated rings. The molecule has 3 nitrogen and oxygen atoms in total. The maximum absolute atomic E-state index is 5.70. The predicted molar refractivity (Wildman–Crippen MR) is 66.9 cm³/mol. The van der Waals surface area contributed by atoms with E-state index in [1.807, 2.05) is 6.07 Å². The Kier molecular flexibility index (Phi) is 3.44. The van der Waals surface area contributed by atoms with Gasteiger partial charge < -0.3 is 5.73 Å². The van der Waals surface area contributed by atoms with Gasteiger partial charge in [-0.05, 0) is 49.9 Å². The summed E-state index contributed by atoms with van der Waals surface area (Å²) in [4.78, 5) is 6.57. The second-order valence-electron chi connectivity index (χ2n) is 4.92. The molecule has 0 saturated carbocycles. The van der Waals surface area contributed by atoms with Crippen LogP contribution in [0.15, 0.2) is 18.3 Å². The van der Waals surface area contributed by atoms with Crippen LogP contribution in [0.5, 0.6) is 0 Å². The van der Waals surface area contributed by atoms with E-state index in [0.717, 1.165) is 12.5 Å². The standard InChI is InChI=1S/C13H21N3/c1-10-4-3-7-16(11(10)2)9-12-5-6-15-13(14)8-12/h5-6,8,10-11H,3-4,7,9H2,1-2H3,(H2,14,15). The summed E-state index contributed by atoms with van der Waals surface area (Å²) >= 11 is 0. The Bertz CT molecular complexity index is 351. The highest BCUT2D eigenvalue weighted by Gasteiger charge is 2.24. The molecule has 2 rings (SSSR count). The normalized spacial score (nSPS) is 26.9. The number of rotatable bonds is 2. The molecule has 2 N–H and O–H groups in total. The monoisotopic (exact) mass is 219 g/mol. The highest BCUT2D eigenvalue weighted by molar-refractivity contribution is 5.31. The molecule has 0 aliphatic carbocycles. The number of pyridine rings is 1. The number of nitrogen functional groups attached to an aromatic ring is 1. The van der Waals surface area contributed by atoms with Gasteiger partial charge >= 0.3 is 0 Å². The molecule has 2 heterocycles. The first kappa shape index (κ1) is 11.4. The molecule has 0 aromatic carbocycles. The third-order valence-corrected chi connectivity index (χ3v) is 3.74. The molecule has 0 spiro atoms. The fraction of sp³-hybridized carbons (Fsp3) is 0.615. The van der Waals surface area contributed by atoms with E-state index in [1.165, 1.54) is 24.9 Å². The lowest BCUT2D eigenvalue weighted by Gasteiger charge is -2.37. The molecule has 0 radical (unpaired) electrons. The van der Waals surface area contributed by atoms with Crippen molar-refractivity contribution in [2.24, 2.45) is 5.92 Å². The van der Waals surface area contributed by atoms with Gasteiger partial charge in [-0.3, -0.25) is 4.90 Å². The van der Waals surface area contributed by atoms with Crippen LogP contribution in [0.4, 0.5) is 5.82 Å². The van der Waals surface area contributed by atoms with Crippen LogP contribution in [0.3, 0.4) is 0 Å². The molecule has 2 unspecified atom stereocenters. The zero-order valence-corrected chi connectivity index (χ0v) is 10.2. The summed E-state index contributed by atoms with van der Waals surface area (Å²) in [6, 6.07) is 4.71. The smallest absolute Gasteiger partial charge is 0.123 e. The number of hydrogen-bond donors (Lipinski definition) is 1. The summed E-state index contributed by atoms with van der Waals surface area (Å²) in [5, 5.41) is 0. The summed E-state index contributed by atoms with van der Waals surface area (Å²) in [5.74, 6) is 1.42. The number of piperidine rings is 1. The molecule has 1 aliphatic rings. The molecule has 1 aliphatic heterocycles. The quantitative estimate of drug-likeness (QED) is 0.829. The van der Waals surface area contributed by atoms with Crippen LogP contribution in [0.1, 0.15) is 32.3 Å². The molecule has 16 heavy (non-hydrogen) atoms. The maximum Gasteiger partial charge on any atom is 0.123 e. The van der Waals surface area contributed by atoms with Gasteiger partial charge in [0.05, 0.1) is 0 Å². The third-order valence-electron chi connectivity index (χ3n) is 3.74. The molecule has 3 heteroatoms. The maximum atomic E-state index is 5.70. The number of aromatic nitrogens is 1. The van der Waals surface area contributed by atoms with Gasteiger partial charge in [-0.1, -0.05) is 6.92 Å². The molecule has 0 bridgehead atoms. The molecule has 88 valence electrons. The van der Waals surface area contributed by atoms with Gasteiger partial charge in [-0.2, -0.15) is 0 Å². The number of hydrogen-bond acceptors (Lipinski definition) is 3. The average molecular weight is 219 g/mol. The Labute approximate surface area is 97.7 Å². The van der Waals surface area contributed by atoms with Crippen LogP contribution in [0.25, 0.3) is 0 Å². The van der Waals surface area contributed by atoms with Gasteiger partial charge in [0.15, 0.2) is 0 Å². The van der Waals surface area contributed by atoms with Crippen molar-refractivity contribution in [3.05, 3.63) is 23.9 Å². The zero-order valence-electron chi connectivity index (χ0n) is 10.2. The molecular formula is C13H21N3. The van der Waals surface area contributed by atoms with Crippen molar-refractivity contribution < 1.29 is 0 Å². The van der Waals surface area contributed by atoms with Gasteiger partial charge in [-0.25, -0.2) is 4.98 Å². The Morgan fingerprint density at radius 3 is 3.06 bits per heavy atom. The molecule has 0 amide bonds. The van der Waals surface area contributed by atoms with E-state index in [9.17, 15) is 0 Å². The Hall–Kier alpha value is -1.09. The van der Waals surface area contributed by atoms with E-state index in [-0.39, 0.29) is 0 Å². The van der Waals surface area contributed by atoms with E-state index in [4.69, 9.17) is 5.73 Å². The summed E-state index contributed by atoms with van der Waals surface area (Å²) in [6.07, 6.45) is 4.46. The Balaban J connectivity index is 2.03. The molecule has 2 atom stereocenters.